The number of hydrogen-bond acceptors (Lipinski definition) is 3. The second kappa shape index (κ2) is 6.21. The first-order valence-electron chi connectivity index (χ1n) is 6.44. The van der Waals surface area contributed by atoms with Gasteiger partial charge in [-0.05, 0) is 48.9 Å². The molecule has 0 aliphatic carbocycles. The van der Waals surface area contributed by atoms with Crippen molar-refractivity contribution in [3.63, 3.8) is 0 Å². The molecular weight excluding hydrogens is 228 g/mol. The zero-order valence-electron chi connectivity index (χ0n) is 11.7. The Labute approximate surface area is 109 Å². The van der Waals surface area contributed by atoms with Gasteiger partial charge in [0.1, 0.15) is 5.75 Å². The molecule has 0 radical (unpaired) electrons. The SMILES string of the molecule is COc1ccc(C(C)(O)CCCO)cc1C(C)C. The molecule has 1 aromatic carbocycles. The minimum Gasteiger partial charge on any atom is -0.496 e. The van der Waals surface area contributed by atoms with Gasteiger partial charge in [0.25, 0.3) is 0 Å². The molecular formula is C15H24O3. The van der Waals surface area contributed by atoms with Crippen molar-refractivity contribution in [1.82, 2.24) is 0 Å². The summed E-state index contributed by atoms with van der Waals surface area (Å²) in [6.45, 7) is 6.09. The van der Waals surface area contributed by atoms with Gasteiger partial charge in [0, 0.05) is 6.61 Å². The van der Waals surface area contributed by atoms with Gasteiger partial charge in [-0.15, -0.1) is 0 Å². The van der Waals surface area contributed by atoms with Gasteiger partial charge in [0.2, 0.25) is 0 Å². The van der Waals surface area contributed by atoms with E-state index in [0.29, 0.717) is 18.8 Å². The van der Waals surface area contributed by atoms with Gasteiger partial charge < -0.3 is 14.9 Å². The van der Waals surface area contributed by atoms with E-state index in [0.717, 1.165) is 16.9 Å². The molecule has 0 fully saturated rings. The number of rotatable bonds is 6. The maximum absolute atomic E-state index is 10.4. The summed E-state index contributed by atoms with van der Waals surface area (Å²) in [6.07, 6.45) is 1.14. The highest BCUT2D eigenvalue weighted by atomic mass is 16.5. The number of ether oxygens (including phenoxy) is 1. The van der Waals surface area contributed by atoms with Crippen molar-refractivity contribution in [3.05, 3.63) is 29.3 Å². The number of benzene rings is 1. The van der Waals surface area contributed by atoms with E-state index >= 15 is 0 Å². The molecule has 0 saturated heterocycles. The maximum atomic E-state index is 10.4. The molecule has 1 rings (SSSR count). The highest BCUT2D eigenvalue weighted by molar-refractivity contribution is 5.41. The molecule has 0 amide bonds. The van der Waals surface area contributed by atoms with Crippen LogP contribution in [-0.2, 0) is 5.60 Å². The summed E-state index contributed by atoms with van der Waals surface area (Å²) in [4.78, 5) is 0. The molecule has 2 N–H and O–H groups in total. The van der Waals surface area contributed by atoms with Crippen molar-refractivity contribution < 1.29 is 14.9 Å². The van der Waals surface area contributed by atoms with Crippen molar-refractivity contribution in [2.45, 2.75) is 45.1 Å². The van der Waals surface area contributed by atoms with Crippen LogP contribution in [0.3, 0.4) is 0 Å². The Kier molecular flexibility index (Phi) is 5.17. The summed E-state index contributed by atoms with van der Waals surface area (Å²) < 4.78 is 5.33. The summed E-state index contributed by atoms with van der Waals surface area (Å²) in [5.74, 6) is 1.19. The number of aliphatic hydroxyl groups excluding tert-OH is 1. The fourth-order valence-corrected chi connectivity index (χ4v) is 2.09. The van der Waals surface area contributed by atoms with E-state index in [1.807, 2.05) is 18.2 Å². The van der Waals surface area contributed by atoms with Crippen molar-refractivity contribution >= 4 is 0 Å². The first-order valence-corrected chi connectivity index (χ1v) is 6.44. The van der Waals surface area contributed by atoms with Crippen LogP contribution in [0, 0.1) is 0 Å². The van der Waals surface area contributed by atoms with Gasteiger partial charge in [-0.25, -0.2) is 0 Å². The van der Waals surface area contributed by atoms with Crippen LogP contribution in [0.2, 0.25) is 0 Å². The fraction of sp³-hybridized carbons (Fsp3) is 0.600. The lowest BCUT2D eigenvalue weighted by Crippen LogP contribution is -2.21. The lowest BCUT2D eigenvalue weighted by atomic mass is 9.88. The molecule has 1 unspecified atom stereocenters. The zero-order valence-corrected chi connectivity index (χ0v) is 11.7. The van der Waals surface area contributed by atoms with Gasteiger partial charge in [0.05, 0.1) is 12.7 Å². The van der Waals surface area contributed by atoms with E-state index in [1.54, 1.807) is 14.0 Å². The Hall–Kier alpha value is -1.06. The Morgan fingerprint density at radius 2 is 2.00 bits per heavy atom. The van der Waals surface area contributed by atoms with Crippen LogP contribution in [0.15, 0.2) is 18.2 Å². The van der Waals surface area contributed by atoms with Crippen molar-refractivity contribution in [3.8, 4) is 5.75 Å². The number of hydrogen-bond donors (Lipinski definition) is 2. The van der Waals surface area contributed by atoms with E-state index in [-0.39, 0.29) is 6.61 Å². The predicted molar refractivity (Wildman–Crippen MR) is 73.0 cm³/mol. The molecule has 0 aliphatic rings. The summed E-state index contributed by atoms with van der Waals surface area (Å²) in [6, 6.07) is 5.79. The summed E-state index contributed by atoms with van der Waals surface area (Å²) in [5, 5.41) is 19.3. The lowest BCUT2D eigenvalue weighted by Gasteiger charge is -2.25. The second-order valence-electron chi connectivity index (χ2n) is 5.21. The third-order valence-corrected chi connectivity index (χ3v) is 3.30. The quantitative estimate of drug-likeness (QED) is 0.818. The Bertz CT molecular complexity index is 383. The average Bonchev–Trinajstić information content (AvgIpc) is 2.35. The molecule has 0 heterocycles. The van der Waals surface area contributed by atoms with Crippen LogP contribution < -0.4 is 4.74 Å². The van der Waals surface area contributed by atoms with E-state index in [4.69, 9.17) is 9.84 Å². The molecule has 3 heteroatoms. The third kappa shape index (κ3) is 3.47. The van der Waals surface area contributed by atoms with E-state index < -0.39 is 5.60 Å². The van der Waals surface area contributed by atoms with Crippen LogP contribution in [-0.4, -0.2) is 23.9 Å². The van der Waals surface area contributed by atoms with E-state index in [1.165, 1.54) is 0 Å². The highest BCUT2D eigenvalue weighted by Gasteiger charge is 2.24. The fourth-order valence-electron chi connectivity index (χ4n) is 2.09. The minimum absolute atomic E-state index is 0.101. The van der Waals surface area contributed by atoms with Gasteiger partial charge in [-0.3, -0.25) is 0 Å². The monoisotopic (exact) mass is 252 g/mol. The van der Waals surface area contributed by atoms with Crippen LogP contribution in [0.5, 0.6) is 5.75 Å². The zero-order chi connectivity index (χ0) is 13.8. The molecule has 0 aliphatic heterocycles. The number of aliphatic hydroxyl groups is 2. The summed E-state index contributed by atoms with van der Waals surface area (Å²) in [7, 11) is 1.66. The van der Waals surface area contributed by atoms with Crippen LogP contribution in [0.25, 0.3) is 0 Å². The average molecular weight is 252 g/mol. The molecule has 1 atom stereocenters. The summed E-state index contributed by atoms with van der Waals surface area (Å²) >= 11 is 0. The summed E-state index contributed by atoms with van der Waals surface area (Å²) in [5.41, 5.74) is 1.07. The maximum Gasteiger partial charge on any atom is 0.122 e. The van der Waals surface area contributed by atoms with Gasteiger partial charge in [-0.1, -0.05) is 19.9 Å². The van der Waals surface area contributed by atoms with Gasteiger partial charge in [0.15, 0.2) is 0 Å². The Balaban J connectivity index is 3.07. The van der Waals surface area contributed by atoms with Crippen molar-refractivity contribution in [2.75, 3.05) is 13.7 Å². The van der Waals surface area contributed by atoms with Crippen LogP contribution >= 0.6 is 0 Å². The van der Waals surface area contributed by atoms with Crippen LogP contribution in [0.1, 0.15) is 50.7 Å². The Morgan fingerprint density at radius 3 is 2.50 bits per heavy atom. The molecule has 18 heavy (non-hydrogen) atoms. The normalized spacial score (nSPS) is 14.6. The topological polar surface area (TPSA) is 49.7 Å². The van der Waals surface area contributed by atoms with E-state index in [2.05, 4.69) is 13.8 Å². The molecule has 102 valence electrons. The third-order valence-electron chi connectivity index (χ3n) is 3.30. The smallest absolute Gasteiger partial charge is 0.122 e. The molecule has 3 nitrogen and oxygen atoms in total. The number of methoxy groups -OCH3 is 1. The first-order chi connectivity index (χ1) is 8.42. The van der Waals surface area contributed by atoms with Crippen molar-refractivity contribution in [2.24, 2.45) is 0 Å². The van der Waals surface area contributed by atoms with E-state index in [9.17, 15) is 5.11 Å². The predicted octanol–water partition coefficient (Wildman–Crippen LogP) is 2.80. The molecule has 0 bridgehead atoms. The molecule has 1 aromatic rings. The largest absolute Gasteiger partial charge is 0.496 e. The minimum atomic E-state index is -0.904. The molecule has 0 spiro atoms. The van der Waals surface area contributed by atoms with Gasteiger partial charge in [-0.2, -0.15) is 0 Å². The van der Waals surface area contributed by atoms with Gasteiger partial charge >= 0.3 is 0 Å². The second-order valence-corrected chi connectivity index (χ2v) is 5.21. The molecule has 0 saturated carbocycles. The highest BCUT2D eigenvalue weighted by Crippen LogP contribution is 2.33. The van der Waals surface area contributed by atoms with Crippen molar-refractivity contribution in [1.29, 1.82) is 0 Å². The lowest BCUT2D eigenvalue weighted by molar-refractivity contribution is 0.0402. The van der Waals surface area contributed by atoms with Crippen LogP contribution in [0.4, 0.5) is 0 Å². The standard InChI is InChI=1S/C15H24O3/c1-11(2)13-10-12(6-7-14(13)18-4)15(3,17)8-5-9-16/h6-7,10-11,16-17H,5,8-9H2,1-4H3. The molecule has 0 aromatic heterocycles. The first kappa shape index (κ1) is 15.0. The Morgan fingerprint density at radius 1 is 1.33 bits per heavy atom.